The topological polar surface area (TPSA) is 38.8 Å². The number of nitrogens with zero attached hydrogens (tertiary/aromatic N) is 1. The summed E-state index contributed by atoms with van der Waals surface area (Å²) in [7, 11) is 3.34. The Bertz CT molecular complexity index is 1020. The highest BCUT2D eigenvalue weighted by Crippen LogP contribution is 2.56. The normalized spacial score (nSPS) is 26.8. The molecule has 2 aromatic carbocycles. The van der Waals surface area contributed by atoms with Crippen LogP contribution in [0.4, 0.5) is 0 Å². The van der Waals surface area contributed by atoms with Crippen LogP contribution >= 0.6 is 11.6 Å². The number of methoxy groups -OCH3 is 2. The molecule has 0 N–H and O–H groups in total. The Morgan fingerprint density at radius 1 is 1.07 bits per heavy atom. The monoisotopic (exact) mass is 423 g/mol. The van der Waals surface area contributed by atoms with Gasteiger partial charge >= 0.3 is 0 Å². The molecule has 2 aromatic rings. The van der Waals surface area contributed by atoms with Crippen LogP contribution in [-0.4, -0.2) is 31.6 Å². The van der Waals surface area contributed by atoms with Crippen molar-refractivity contribution < 1.29 is 14.3 Å². The van der Waals surface area contributed by atoms with Crippen molar-refractivity contribution in [2.24, 2.45) is 11.8 Å². The van der Waals surface area contributed by atoms with Crippen LogP contribution in [-0.2, 0) is 23.2 Å². The first-order valence-corrected chi connectivity index (χ1v) is 10.9. The van der Waals surface area contributed by atoms with Gasteiger partial charge in [0.1, 0.15) is 0 Å². The third-order valence-corrected chi connectivity index (χ3v) is 7.43. The summed E-state index contributed by atoms with van der Waals surface area (Å²) < 4.78 is 11.2. The molecule has 5 rings (SSSR count). The number of rotatable bonds is 4. The largest absolute Gasteiger partial charge is 0.493 e. The molecule has 156 valence electrons. The zero-order chi connectivity index (χ0) is 20.9. The standard InChI is InChI=1S/C25H26ClNO3/c1-29-22-13-17-11-12-27-24(28)19-5-3-4-6-20(19)25(27,21(17)14-23(22)30-2)15-16-7-9-18(26)10-8-16/h3-4,7-10,13-14,19-20H,5-6,11-12,15H2,1-2H3/t19-,20-,25+/m1/s1. The molecule has 2 heterocycles. The van der Waals surface area contributed by atoms with E-state index in [0.29, 0.717) is 5.91 Å². The quantitative estimate of drug-likeness (QED) is 0.664. The molecular weight excluding hydrogens is 398 g/mol. The van der Waals surface area contributed by atoms with Crippen molar-refractivity contribution in [2.75, 3.05) is 20.8 Å². The molecule has 1 amide bonds. The molecule has 0 aromatic heterocycles. The van der Waals surface area contributed by atoms with E-state index < -0.39 is 0 Å². The summed E-state index contributed by atoms with van der Waals surface area (Å²) in [5, 5.41) is 0.726. The van der Waals surface area contributed by atoms with E-state index in [9.17, 15) is 4.79 Å². The first-order valence-electron chi connectivity index (χ1n) is 10.5. The summed E-state index contributed by atoms with van der Waals surface area (Å²) in [5.74, 6) is 2.04. The van der Waals surface area contributed by atoms with Crippen molar-refractivity contribution in [3.05, 3.63) is 70.3 Å². The van der Waals surface area contributed by atoms with Gasteiger partial charge in [-0.15, -0.1) is 0 Å². The van der Waals surface area contributed by atoms with Crippen LogP contribution in [0, 0.1) is 11.8 Å². The fraction of sp³-hybridized carbons (Fsp3) is 0.400. The number of benzene rings is 2. The van der Waals surface area contributed by atoms with Crippen molar-refractivity contribution in [2.45, 2.75) is 31.2 Å². The van der Waals surface area contributed by atoms with E-state index in [1.165, 1.54) is 16.7 Å². The lowest BCUT2D eigenvalue weighted by atomic mass is 9.66. The second kappa shape index (κ2) is 7.35. The maximum Gasteiger partial charge on any atom is 0.227 e. The highest BCUT2D eigenvalue weighted by atomic mass is 35.5. The highest BCUT2D eigenvalue weighted by molar-refractivity contribution is 6.30. The Morgan fingerprint density at radius 2 is 1.77 bits per heavy atom. The van der Waals surface area contributed by atoms with E-state index >= 15 is 0 Å². The molecular formula is C25H26ClNO3. The van der Waals surface area contributed by atoms with Crippen LogP contribution in [0.15, 0.2) is 48.6 Å². The Morgan fingerprint density at radius 3 is 2.50 bits per heavy atom. The van der Waals surface area contributed by atoms with Crippen LogP contribution < -0.4 is 9.47 Å². The van der Waals surface area contributed by atoms with Gasteiger partial charge in [-0.3, -0.25) is 4.79 Å². The molecule has 30 heavy (non-hydrogen) atoms. The lowest BCUT2D eigenvalue weighted by molar-refractivity contribution is -0.134. The van der Waals surface area contributed by atoms with E-state index in [1.54, 1.807) is 14.2 Å². The Labute approximate surface area is 182 Å². The smallest absolute Gasteiger partial charge is 0.227 e. The van der Waals surface area contributed by atoms with E-state index in [-0.39, 0.29) is 17.4 Å². The zero-order valence-corrected chi connectivity index (χ0v) is 18.1. The van der Waals surface area contributed by atoms with Gasteiger partial charge in [0.2, 0.25) is 5.91 Å². The van der Waals surface area contributed by atoms with Crippen LogP contribution in [0.2, 0.25) is 5.02 Å². The van der Waals surface area contributed by atoms with E-state index in [0.717, 1.165) is 48.7 Å². The molecule has 3 atom stereocenters. The van der Waals surface area contributed by atoms with Gasteiger partial charge in [-0.1, -0.05) is 35.9 Å². The molecule has 4 nitrogen and oxygen atoms in total. The number of fused-ring (bicyclic) bond motifs is 5. The van der Waals surface area contributed by atoms with Gasteiger partial charge < -0.3 is 14.4 Å². The lowest BCUT2D eigenvalue weighted by Crippen LogP contribution is -2.52. The average Bonchev–Trinajstić information content (AvgIpc) is 3.03. The maximum atomic E-state index is 13.5. The molecule has 0 bridgehead atoms. The van der Waals surface area contributed by atoms with Crippen LogP contribution in [0.5, 0.6) is 11.5 Å². The molecule has 0 unspecified atom stereocenters. The number of allylic oxidation sites excluding steroid dienone is 2. The average molecular weight is 424 g/mol. The predicted molar refractivity (Wildman–Crippen MR) is 117 cm³/mol. The zero-order valence-electron chi connectivity index (χ0n) is 17.4. The summed E-state index contributed by atoms with van der Waals surface area (Å²) in [6.07, 6.45) is 7.75. The predicted octanol–water partition coefficient (Wildman–Crippen LogP) is 4.78. The van der Waals surface area contributed by atoms with Gasteiger partial charge in [0.05, 0.1) is 19.8 Å². The summed E-state index contributed by atoms with van der Waals surface area (Å²) in [6.45, 7) is 0.738. The maximum absolute atomic E-state index is 13.5. The first-order chi connectivity index (χ1) is 14.6. The summed E-state index contributed by atoms with van der Waals surface area (Å²) in [6, 6.07) is 12.3. The Balaban J connectivity index is 1.73. The number of halogens is 1. The number of amides is 1. The molecule has 1 aliphatic carbocycles. The molecule has 3 aliphatic rings. The molecule has 1 fully saturated rings. The lowest BCUT2D eigenvalue weighted by Gasteiger charge is -2.48. The first kappa shape index (κ1) is 19.5. The fourth-order valence-corrected chi connectivity index (χ4v) is 5.99. The van der Waals surface area contributed by atoms with Gasteiger partial charge in [-0.25, -0.2) is 0 Å². The van der Waals surface area contributed by atoms with Crippen molar-refractivity contribution in [1.82, 2.24) is 4.90 Å². The van der Waals surface area contributed by atoms with Crippen molar-refractivity contribution >= 4 is 17.5 Å². The minimum atomic E-state index is -0.381. The molecule has 1 saturated heterocycles. The van der Waals surface area contributed by atoms with Crippen molar-refractivity contribution in [3.63, 3.8) is 0 Å². The van der Waals surface area contributed by atoms with E-state index in [4.69, 9.17) is 21.1 Å². The highest BCUT2D eigenvalue weighted by Gasteiger charge is 2.60. The van der Waals surface area contributed by atoms with Crippen molar-refractivity contribution in [1.29, 1.82) is 0 Å². The van der Waals surface area contributed by atoms with Gasteiger partial charge in [0, 0.05) is 29.8 Å². The van der Waals surface area contributed by atoms with E-state index in [1.807, 2.05) is 12.1 Å². The van der Waals surface area contributed by atoms with Crippen LogP contribution in [0.1, 0.15) is 29.5 Å². The number of hydrogen-bond acceptors (Lipinski definition) is 3. The molecule has 2 aliphatic heterocycles. The van der Waals surface area contributed by atoms with E-state index in [2.05, 4.69) is 41.3 Å². The second-order valence-corrected chi connectivity index (χ2v) is 8.92. The van der Waals surface area contributed by atoms with Gasteiger partial charge in [0.15, 0.2) is 11.5 Å². The van der Waals surface area contributed by atoms with Crippen molar-refractivity contribution in [3.8, 4) is 11.5 Å². The fourth-order valence-electron chi connectivity index (χ4n) is 5.87. The molecule has 5 heteroatoms. The summed E-state index contributed by atoms with van der Waals surface area (Å²) in [4.78, 5) is 15.7. The molecule has 0 radical (unpaired) electrons. The van der Waals surface area contributed by atoms with Crippen LogP contribution in [0.3, 0.4) is 0 Å². The number of carbonyl (C=O) groups excluding carboxylic acids is 1. The number of ether oxygens (including phenoxy) is 2. The molecule has 0 saturated carbocycles. The second-order valence-electron chi connectivity index (χ2n) is 8.49. The molecule has 0 spiro atoms. The minimum Gasteiger partial charge on any atom is -0.493 e. The number of carbonyl (C=O) groups is 1. The van der Waals surface area contributed by atoms with Gasteiger partial charge in [-0.05, 0) is 60.2 Å². The van der Waals surface area contributed by atoms with Gasteiger partial charge in [-0.2, -0.15) is 0 Å². The summed E-state index contributed by atoms with van der Waals surface area (Å²) >= 11 is 6.15. The number of hydrogen-bond donors (Lipinski definition) is 0. The Hall–Kier alpha value is -2.46. The Kier molecular flexibility index (Phi) is 4.78. The summed E-state index contributed by atoms with van der Waals surface area (Å²) in [5.41, 5.74) is 3.27. The minimum absolute atomic E-state index is 0.0429. The third kappa shape index (κ3) is 2.77. The van der Waals surface area contributed by atoms with Gasteiger partial charge in [0.25, 0.3) is 0 Å². The SMILES string of the molecule is COc1cc2c(cc1OC)[C@]1(Cc3ccc(Cl)cc3)[C@@H]3CC=CC[C@H]3C(=O)N1CC2. The third-order valence-electron chi connectivity index (χ3n) is 7.18. The van der Waals surface area contributed by atoms with Crippen LogP contribution in [0.25, 0.3) is 0 Å².